The third kappa shape index (κ3) is 5.68. The molecule has 0 heterocycles. The smallest absolute Gasteiger partial charge is 0.324 e. The van der Waals surface area contributed by atoms with Crippen LogP contribution in [-0.4, -0.2) is 25.2 Å². The molecule has 0 unspecified atom stereocenters. The standard InChI is InChI=1S/C23H28O4/c1-3-5-16-27-22(25)23(21(24)26-4-2,17-19-12-8-6-9-13-19)18-20-14-10-7-11-15-20/h6-15H,3-5,16-18H2,1-2H3. The third-order valence-corrected chi connectivity index (χ3v) is 4.49. The van der Waals surface area contributed by atoms with Crippen LogP contribution in [0.4, 0.5) is 0 Å². The van der Waals surface area contributed by atoms with Gasteiger partial charge in [-0.05, 0) is 37.3 Å². The molecule has 0 fully saturated rings. The Hall–Kier alpha value is -2.62. The van der Waals surface area contributed by atoms with Crippen molar-refractivity contribution in [3.05, 3.63) is 71.8 Å². The lowest BCUT2D eigenvalue weighted by atomic mass is 9.76. The largest absolute Gasteiger partial charge is 0.465 e. The monoisotopic (exact) mass is 368 g/mol. The topological polar surface area (TPSA) is 52.6 Å². The first-order chi connectivity index (χ1) is 13.1. The number of benzene rings is 2. The van der Waals surface area contributed by atoms with E-state index in [-0.39, 0.29) is 19.4 Å². The van der Waals surface area contributed by atoms with Crippen molar-refractivity contribution in [2.24, 2.45) is 5.41 Å². The number of carbonyl (C=O) groups excluding carboxylic acids is 2. The zero-order valence-corrected chi connectivity index (χ0v) is 16.1. The first kappa shape index (κ1) is 20.7. The summed E-state index contributed by atoms with van der Waals surface area (Å²) in [6, 6.07) is 19.1. The number of rotatable bonds is 10. The van der Waals surface area contributed by atoms with Crippen molar-refractivity contribution >= 4 is 11.9 Å². The van der Waals surface area contributed by atoms with Gasteiger partial charge in [0.15, 0.2) is 5.41 Å². The molecule has 0 saturated heterocycles. The number of carbonyl (C=O) groups is 2. The van der Waals surface area contributed by atoms with Crippen LogP contribution in [0.25, 0.3) is 0 Å². The van der Waals surface area contributed by atoms with Gasteiger partial charge in [-0.25, -0.2) is 0 Å². The summed E-state index contributed by atoms with van der Waals surface area (Å²) in [4.78, 5) is 26.2. The normalized spacial score (nSPS) is 11.0. The van der Waals surface area contributed by atoms with Crippen LogP contribution < -0.4 is 0 Å². The highest BCUT2D eigenvalue weighted by atomic mass is 16.6. The highest BCUT2D eigenvalue weighted by molar-refractivity contribution is 6.00. The first-order valence-corrected chi connectivity index (χ1v) is 9.54. The second-order valence-corrected chi connectivity index (χ2v) is 6.62. The average Bonchev–Trinajstić information content (AvgIpc) is 2.69. The van der Waals surface area contributed by atoms with E-state index in [1.54, 1.807) is 6.92 Å². The van der Waals surface area contributed by atoms with E-state index < -0.39 is 17.4 Å². The zero-order chi connectivity index (χ0) is 19.5. The molecule has 4 heteroatoms. The maximum Gasteiger partial charge on any atom is 0.324 e. The second kappa shape index (κ2) is 10.5. The lowest BCUT2D eigenvalue weighted by Crippen LogP contribution is -2.46. The van der Waals surface area contributed by atoms with Crippen molar-refractivity contribution in [1.29, 1.82) is 0 Å². The molecule has 27 heavy (non-hydrogen) atoms. The van der Waals surface area contributed by atoms with Gasteiger partial charge in [0.25, 0.3) is 0 Å². The van der Waals surface area contributed by atoms with E-state index in [1.165, 1.54) is 0 Å². The van der Waals surface area contributed by atoms with E-state index in [0.717, 1.165) is 24.0 Å². The van der Waals surface area contributed by atoms with Crippen LogP contribution in [0.5, 0.6) is 0 Å². The molecular formula is C23H28O4. The Bertz CT molecular complexity index is 668. The highest BCUT2D eigenvalue weighted by Crippen LogP contribution is 2.32. The molecule has 0 aliphatic rings. The molecule has 0 N–H and O–H groups in total. The van der Waals surface area contributed by atoms with Gasteiger partial charge >= 0.3 is 11.9 Å². The van der Waals surface area contributed by atoms with Crippen molar-refractivity contribution in [2.75, 3.05) is 13.2 Å². The van der Waals surface area contributed by atoms with Crippen LogP contribution >= 0.6 is 0 Å². The Morgan fingerprint density at radius 3 is 1.70 bits per heavy atom. The third-order valence-electron chi connectivity index (χ3n) is 4.49. The Balaban J connectivity index is 2.42. The van der Waals surface area contributed by atoms with Gasteiger partial charge in [-0.1, -0.05) is 74.0 Å². The van der Waals surface area contributed by atoms with E-state index in [2.05, 4.69) is 0 Å². The first-order valence-electron chi connectivity index (χ1n) is 9.54. The van der Waals surface area contributed by atoms with Crippen molar-refractivity contribution in [3.63, 3.8) is 0 Å². The Morgan fingerprint density at radius 2 is 1.26 bits per heavy atom. The minimum atomic E-state index is -1.40. The average molecular weight is 368 g/mol. The summed E-state index contributed by atoms with van der Waals surface area (Å²) in [6.07, 6.45) is 2.16. The molecule has 2 aromatic carbocycles. The summed E-state index contributed by atoms with van der Waals surface area (Å²) in [7, 11) is 0. The SMILES string of the molecule is CCCCOC(=O)C(Cc1ccccc1)(Cc1ccccc1)C(=O)OCC. The number of hydrogen-bond donors (Lipinski definition) is 0. The molecule has 0 amide bonds. The van der Waals surface area contributed by atoms with Crippen LogP contribution in [0.3, 0.4) is 0 Å². The van der Waals surface area contributed by atoms with Crippen molar-refractivity contribution < 1.29 is 19.1 Å². The van der Waals surface area contributed by atoms with Gasteiger partial charge in [0.2, 0.25) is 0 Å². The van der Waals surface area contributed by atoms with Crippen LogP contribution in [0.1, 0.15) is 37.8 Å². The van der Waals surface area contributed by atoms with Gasteiger partial charge in [0.1, 0.15) is 0 Å². The minimum Gasteiger partial charge on any atom is -0.465 e. The zero-order valence-electron chi connectivity index (χ0n) is 16.1. The fourth-order valence-electron chi connectivity index (χ4n) is 3.04. The molecule has 0 aromatic heterocycles. The molecule has 4 nitrogen and oxygen atoms in total. The number of hydrogen-bond acceptors (Lipinski definition) is 4. The molecule has 0 bridgehead atoms. The van der Waals surface area contributed by atoms with E-state index in [4.69, 9.17) is 9.47 Å². The number of ether oxygens (including phenoxy) is 2. The summed E-state index contributed by atoms with van der Waals surface area (Å²) >= 11 is 0. The summed E-state index contributed by atoms with van der Waals surface area (Å²) in [5, 5.41) is 0. The van der Waals surface area contributed by atoms with E-state index >= 15 is 0 Å². The summed E-state index contributed by atoms with van der Waals surface area (Å²) in [5.41, 5.74) is 0.398. The van der Waals surface area contributed by atoms with Gasteiger partial charge in [-0.15, -0.1) is 0 Å². The molecular weight excluding hydrogens is 340 g/mol. The van der Waals surface area contributed by atoms with E-state index in [0.29, 0.717) is 6.61 Å². The van der Waals surface area contributed by atoms with Gasteiger partial charge in [-0.3, -0.25) is 9.59 Å². The lowest BCUT2D eigenvalue weighted by molar-refractivity contribution is -0.172. The summed E-state index contributed by atoms with van der Waals surface area (Å²) < 4.78 is 10.9. The van der Waals surface area contributed by atoms with Crippen LogP contribution in [0, 0.1) is 5.41 Å². The molecule has 2 rings (SSSR count). The maximum atomic E-state index is 13.1. The molecule has 0 aliphatic carbocycles. The predicted molar refractivity (Wildman–Crippen MR) is 105 cm³/mol. The Morgan fingerprint density at radius 1 is 0.778 bits per heavy atom. The van der Waals surface area contributed by atoms with E-state index in [9.17, 15) is 9.59 Å². The lowest BCUT2D eigenvalue weighted by Gasteiger charge is -2.29. The molecule has 0 atom stereocenters. The van der Waals surface area contributed by atoms with Crippen molar-refractivity contribution in [3.8, 4) is 0 Å². The van der Waals surface area contributed by atoms with Crippen LogP contribution in [0.15, 0.2) is 60.7 Å². The summed E-state index contributed by atoms with van der Waals surface area (Å²) in [5.74, 6) is -1.04. The van der Waals surface area contributed by atoms with Crippen LogP contribution in [-0.2, 0) is 31.9 Å². The highest BCUT2D eigenvalue weighted by Gasteiger charge is 2.49. The molecule has 0 saturated carbocycles. The second-order valence-electron chi connectivity index (χ2n) is 6.62. The molecule has 0 radical (unpaired) electrons. The van der Waals surface area contributed by atoms with Gasteiger partial charge < -0.3 is 9.47 Å². The molecule has 0 aliphatic heterocycles. The molecule has 144 valence electrons. The number of esters is 2. The fraction of sp³-hybridized carbons (Fsp3) is 0.391. The van der Waals surface area contributed by atoms with Crippen molar-refractivity contribution in [1.82, 2.24) is 0 Å². The number of unbranched alkanes of at least 4 members (excludes halogenated alkanes) is 1. The summed E-state index contributed by atoms with van der Waals surface area (Å²) in [6.45, 7) is 4.29. The minimum absolute atomic E-state index is 0.215. The molecule has 2 aromatic rings. The van der Waals surface area contributed by atoms with Crippen LogP contribution in [0.2, 0.25) is 0 Å². The fourth-order valence-corrected chi connectivity index (χ4v) is 3.04. The van der Waals surface area contributed by atoms with E-state index in [1.807, 2.05) is 67.6 Å². The van der Waals surface area contributed by atoms with Crippen molar-refractivity contribution in [2.45, 2.75) is 39.5 Å². The van der Waals surface area contributed by atoms with Gasteiger partial charge in [0, 0.05) is 0 Å². The quantitative estimate of drug-likeness (QED) is 0.355. The Kier molecular flexibility index (Phi) is 8.05. The Labute approximate surface area is 161 Å². The van der Waals surface area contributed by atoms with Gasteiger partial charge in [-0.2, -0.15) is 0 Å². The van der Waals surface area contributed by atoms with Gasteiger partial charge in [0.05, 0.1) is 13.2 Å². The predicted octanol–water partition coefficient (Wildman–Crippen LogP) is 4.36. The molecule has 0 spiro atoms. The maximum absolute atomic E-state index is 13.1.